The van der Waals surface area contributed by atoms with Gasteiger partial charge >= 0.3 is 0 Å². The maximum Gasteiger partial charge on any atom is 0.224 e. The molecule has 0 bridgehead atoms. The van der Waals surface area contributed by atoms with Gasteiger partial charge in [0, 0.05) is 12.8 Å². The molecule has 4 nitrogen and oxygen atoms in total. The van der Waals surface area contributed by atoms with Crippen molar-refractivity contribution in [3.63, 3.8) is 0 Å². The van der Waals surface area contributed by atoms with Gasteiger partial charge in [-0.05, 0) is 29.3 Å². The van der Waals surface area contributed by atoms with Gasteiger partial charge in [-0.2, -0.15) is 0 Å². The van der Waals surface area contributed by atoms with E-state index < -0.39 is 5.82 Å². The Hall–Kier alpha value is -1.57. The third-order valence-corrected chi connectivity index (χ3v) is 4.40. The number of nitrogens with zero attached hydrogens (tertiary/aromatic N) is 1. The highest BCUT2D eigenvalue weighted by molar-refractivity contribution is 8.93. The number of hydrogen-bond acceptors (Lipinski definition) is 3. The number of aliphatic imine (C=N–C) groups is 1. The minimum atomic E-state index is -0.495. The van der Waals surface area contributed by atoms with Crippen LogP contribution in [0.3, 0.4) is 0 Å². The summed E-state index contributed by atoms with van der Waals surface area (Å²) in [7, 11) is 1.61. The van der Waals surface area contributed by atoms with Gasteiger partial charge in [0.05, 0.1) is 17.1 Å². The number of amides is 1. The SMILES string of the molecule is Br.CNC(=O)Cc1ccccc1CS/C(N)=N/c1ccc(F)c(Cl)c1. The monoisotopic (exact) mass is 445 g/mol. The van der Waals surface area contributed by atoms with E-state index >= 15 is 0 Å². The maximum absolute atomic E-state index is 13.1. The lowest BCUT2D eigenvalue weighted by molar-refractivity contribution is -0.119. The zero-order chi connectivity index (χ0) is 17.5. The summed E-state index contributed by atoms with van der Waals surface area (Å²) in [5.41, 5.74) is 8.37. The number of thioether (sulfide) groups is 1. The molecule has 0 saturated carbocycles. The highest BCUT2D eigenvalue weighted by atomic mass is 79.9. The highest BCUT2D eigenvalue weighted by Crippen LogP contribution is 2.23. The summed E-state index contributed by atoms with van der Waals surface area (Å²) < 4.78 is 13.1. The Morgan fingerprint density at radius 2 is 1.96 bits per heavy atom. The summed E-state index contributed by atoms with van der Waals surface area (Å²) in [5.74, 6) is 0.0391. The minimum Gasteiger partial charge on any atom is -0.378 e. The molecule has 0 saturated heterocycles. The Labute approximate surface area is 165 Å². The lowest BCUT2D eigenvalue weighted by Gasteiger charge is -2.08. The van der Waals surface area contributed by atoms with E-state index in [0.29, 0.717) is 23.0 Å². The largest absolute Gasteiger partial charge is 0.378 e. The van der Waals surface area contributed by atoms with Gasteiger partial charge in [0.2, 0.25) is 5.91 Å². The summed E-state index contributed by atoms with van der Waals surface area (Å²) in [4.78, 5) is 15.8. The molecule has 2 aromatic carbocycles. The van der Waals surface area contributed by atoms with Crippen molar-refractivity contribution in [2.24, 2.45) is 10.7 Å². The fourth-order valence-electron chi connectivity index (χ4n) is 2.00. The van der Waals surface area contributed by atoms with E-state index in [1.54, 1.807) is 7.05 Å². The van der Waals surface area contributed by atoms with Crippen molar-refractivity contribution in [1.82, 2.24) is 5.32 Å². The number of nitrogens with one attached hydrogen (secondary N) is 1. The van der Waals surface area contributed by atoms with Crippen molar-refractivity contribution in [3.05, 3.63) is 64.4 Å². The first kappa shape index (κ1) is 21.5. The number of carbonyl (C=O) groups is 1. The Balaban J connectivity index is 0.00000312. The number of halogens is 3. The Kier molecular flexibility index (Phi) is 8.96. The number of amidine groups is 1. The van der Waals surface area contributed by atoms with Crippen LogP contribution in [0.2, 0.25) is 5.02 Å². The molecule has 0 radical (unpaired) electrons. The molecule has 1 amide bonds. The van der Waals surface area contributed by atoms with Gasteiger partial charge in [0.25, 0.3) is 0 Å². The minimum absolute atomic E-state index is 0. The van der Waals surface area contributed by atoms with Crippen molar-refractivity contribution >= 4 is 57.1 Å². The maximum atomic E-state index is 13.1. The topological polar surface area (TPSA) is 67.5 Å². The first-order valence-corrected chi connectivity index (χ1v) is 8.55. The van der Waals surface area contributed by atoms with Crippen LogP contribution in [-0.4, -0.2) is 18.1 Å². The van der Waals surface area contributed by atoms with E-state index in [-0.39, 0.29) is 27.9 Å². The van der Waals surface area contributed by atoms with E-state index in [1.807, 2.05) is 24.3 Å². The van der Waals surface area contributed by atoms with Gasteiger partial charge in [0.15, 0.2) is 5.17 Å². The second kappa shape index (κ2) is 10.4. The van der Waals surface area contributed by atoms with E-state index in [4.69, 9.17) is 17.3 Å². The molecule has 25 heavy (non-hydrogen) atoms. The quantitative estimate of drug-likeness (QED) is 0.533. The molecular formula is C17H18BrClFN3OS. The third-order valence-electron chi connectivity index (χ3n) is 3.27. The van der Waals surface area contributed by atoms with Crippen molar-refractivity contribution in [1.29, 1.82) is 0 Å². The number of rotatable bonds is 5. The first-order chi connectivity index (χ1) is 11.5. The van der Waals surface area contributed by atoms with Crippen LogP contribution in [0.4, 0.5) is 10.1 Å². The van der Waals surface area contributed by atoms with E-state index in [1.165, 1.54) is 30.0 Å². The smallest absolute Gasteiger partial charge is 0.224 e. The number of benzene rings is 2. The van der Waals surface area contributed by atoms with Crippen molar-refractivity contribution < 1.29 is 9.18 Å². The van der Waals surface area contributed by atoms with Gasteiger partial charge < -0.3 is 11.1 Å². The van der Waals surface area contributed by atoms with Crippen molar-refractivity contribution in [2.45, 2.75) is 12.2 Å². The summed E-state index contributed by atoms with van der Waals surface area (Å²) in [6.45, 7) is 0. The second-order valence-corrected chi connectivity index (χ2v) is 6.36. The predicted octanol–water partition coefficient (Wildman–Crippen LogP) is 4.23. The second-order valence-electron chi connectivity index (χ2n) is 4.96. The fraction of sp³-hybridized carbons (Fsp3) is 0.176. The molecule has 0 spiro atoms. The van der Waals surface area contributed by atoms with Crippen LogP contribution in [-0.2, 0) is 17.0 Å². The van der Waals surface area contributed by atoms with E-state index in [2.05, 4.69) is 10.3 Å². The van der Waals surface area contributed by atoms with Gasteiger partial charge in [-0.1, -0.05) is 47.6 Å². The van der Waals surface area contributed by atoms with Gasteiger partial charge in [-0.15, -0.1) is 17.0 Å². The molecule has 8 heteroatoms. The molecule has 0 aliphatic heterocycles. The van der Waals surface area contributed by atoms with Crippen LogP contribution in [0.25, 0.3) is 0 Å². The fourth-order valence-corrected chi connectivity index (χ4v) is 2.93. The lowest BCUT2D eigenvalue weighted by Crippen LogP contribution is -2.20. The standard InChI is InChI=1S/C17H17ClFN3OS.BrH/c1-21-16(23)8-11-4-2-3-5-12(11)10-24-17(20)22-13-6-7-15(19)14(18)9-13;/h2-7,9H,8,10H2,1H3,(H2,20,22)(H,21,23);1H. The van der Waals surface area contributed by atoms with Crippen molar-refractivity contribution in [3.8, 4) is 0 Å². The van der Waals surface area contributed by atoms with Crippen molar-refractivity contribution in [2.75, 3.05) is 7.05 Å². The molecule has 0 aliphatic carbocycles. The summed E-state index contributed by atoms with van der Waals surface area (Å²) in [6, 6.07) is 11.8. The molecule has 0 aliphatic rings. The normalized spacial score (nSPS) is 10.9. The average molecular weight is 447 g/mol. The predicted molar refractivity (Wildman–Crippen MR) is 109 cm³/mol. The number of carbonyl (C=O) groups excluding carboxylic acids is 1. The molecule has 3 N–H and O–H groups in total. The molecule has 0 heterocycles. The Bertz CT molecular complexity index is 773. The molecule has 2 rings (SSSR count). The zero-order valence-electron chi connectivity index (χ0n) is 13.5. The molecule has 0 fully saturated rings. The van der Waals surface area contributed by atoms with Crippen LogP contribution in [0.15, 0.2) is 47.5 Å². The van der Waals surface area contributed by atoms with Crippen LogP contribution in [0, 0.1) is 5.82 Å². The van der Waals surface area contributed by atoms with Gasteiger partial charge in [0.1, 0.15) is 5.82 Å². The first-order valence-electron chi connectivity index (χ1n) is 7.19. The third kappa shape index (κ3) is 6.68. The molecule has 0 unspecified atom stereocenters. The van der Waals surface area contributed by atoms with Crippen LogP contribution < -0.4 is 11.1 Å². The Morgan fingerprint density at radius 3 is 2.60 bits per heavy atom. The number of hydrogen-bond donors (Lipinski definition) is 2. The summed E-state index contributed by atoms with van der Waals surface area (Å²) in [6.07, 6.45) is 0.317. The summed E-state index contributed by atoms with van der Waals surface area (Å²) in [5, 5.41) is 2.96. The van der Waals surface area contributed by atoms with Gasteiger partial charge in [-0.3, -0.25) is 4.79 Å². The molecular weight excluding hydrogens is 429 g/mol. The molecule has 2 aromatic rings. The van der Waals surface area contributed by atoms with Gasteiger partial charge in [-0.25, -0.2) is 9.38 Å². The molecule has 0 atom stereocenters. The average Bonchev–Trinajstić information content (AvgIpc) is 2.57. The Morgan fingerprint density at radius 1 is 1.28 bits per heavy atom. The molecule has 0 aromatic heterocycles. The summed E-state index contributed by atoms with van der Waals surface area (Å²) >= 11 is 7.07. The number of likely N-dealkylation sites (N-methyl/N-ethyl adjacent to an activating group) is 1. The van der Waals surface area contributed by atoms with Crippen LogP contribution >= 0.6 is 40.3 Å². The molecule has 134 valence electrons. The van der Waals surface area contributed by atoms with Crippen LogP contribution in [0.1, 0.15) is 11.1 Å². The highest BCUT2D eigenvalue weighted by Gasteiger charge is 2.08. The zero-order valence-corrected chi connectivity index (χ0v) is 16.7. The van der Waals surface area contributed by atoms with Crippen LogP contribution in [0.5, 0.6) is 0 Å². The van der Waals surface area contributed by atoms with E-state index in [0.717, 1.165) is 11.1 Å². The number of nitrogens with two attached hydrogens (primary N) is 1. The van der Waals surface area contributed by atoms with E-state index in [9.17, 15) is 9.18 Å². The lowest BCUT2D eigenvalue weighted by atomic mass is 10.1.